The molecule has 1 unspecified atom stereocenters. The van der Waals surface area contributed by atoms with E-state index in [1.807, 2.05) is 0 Å². The van der Waals surface area contributed by atoms with Gasteiger partial charge in [-0.1, -0.05) is 85.5 Å². The molecule has 1 atom stereocenters. The van der Waals surface area contributed by atoms with Gasteiger partial charge in [-0.05, 0) is 25.7 Å². The Labute approximate surface area is 154 Å². The molecule has 0 heterocycles. The topological polar surface area (TPSA) is 20.2 Å². The summed E-state index contributed by atoms with van der Waals surface area (Å²) in [5.74, 6) is 0.0396. The van der Waals surface area contributed by atoms with E-state index in [4.69, 9.17) is 0 Å². The lowest BCUT2D eigenvalue weighted by molar-refractivity contribution is 0.236. The second-order valence-corrected chi connectivity index (χ2v) is 12.2. The van der Waals surface area contributed by atoms with Gasteiger partial charge in [-0.15, -0.1) is 0 Å². The van der Waals surface area contributed by atoms with Gasteiger partial charge in [0, 0.05) is 13.7 Å². The average molecular weight is 360 g/mol. The van der Waals surface area contributed by atoms with Crippen LogP contribution in [0.4, 0.5) is 0 Å². The third-order valence-corrected chi connectivity index (χ3v) is 10.7. The Morgan fingerprint density at radius 1 is 0.542 bits per heavy atom. The van der Waals surface area contributed by atoms with Gasteiger partial charge in [0.15, 0.2) is 5.85 Å². The van der Waals surface area contributed by atoms with Gasteiger partial charge in [-0.3, -0.25) is 0 Å². The SMILES string of the molecule is CCCCCCCCCC(O)[P+](CCCC)(CCCC)CCCC. The standard InChI is InChI=1S/C22H48OP/c1-5-9-13-14-15-16-17-18-22(23)24(19-10-6-2,20-11-7-3)21-12-8-4/h22-23H,5-21H2,1-4H3/q+1. The molecule has 0 aliphatic carbocycles. The molecule has 0 aliphatic rings. The quantitative estimate of drug-likeness (QED) is 0.195. The minimum absolute atomic E-state index is 0.0396. The predicted octanol–water partition coefficient (Wildman–Crippen LogP) is 7.86. The number of rotatable bonds is 18. The average Bonchev–Trinajstić information content (AvgIpc) is 2.60. The highest BCUT2D eigenvalue weighted by Gasteiger charge is 2.42. The van der Waals surface area contributed by atoms with E-state index in [2.05, 4.69) is 27.7 Å². The molecule has 0 saturated carbocycles. The first kappa shape index (κ1) is 24.4. The summed E-state index contributed by atoms with van der Waals surface area (Å²) >= 11 is 0. The lowest BCUT2D eigenvalue weighted by Crippen LogP contribution is -2.22. The van der Waals surface area contributed by atoms with Gasteiger partial charge < -0.3 is 5.11 Å². The van der Waals surface area contributed by atoms with Crippen molar-refractivity contribution in [2.24, 2.45) is 0 Å². The van der Waals surface area contributed by atoms with E-state index in [1.165, 1.54) is 102 Å². The zero-order chi connectivity index (χ0) is 18.1. The summed E-state index contributed by atoms with van der Waals surface area (Å²) in [4.78, 5) is 0. The van der Waals surface area contributed by atoms with Crippen LogP contribution in [0, 0.1) is 0 Å². The molecule has 1 N–H and O–H groups in total. The lowest BCUT2D eigenvalue weighted by atomic mass is 10.1. The number of aliphatic hydroxyl groups is 1. The van der Waals surface area contributed by atoms with Crippen molar-refractivity contribution < 1.29 is 5.11 Å². The second-order valence-electron chi connectivity index (χ2n) is 7.84. The van der Waals surface area contributed by atoms with Crippen LogP contribution in [-0.4, -0.2) is 29.4 Å². The molecule has 0 aromatic carbocycles. The smallest absolute Gasteiger partial charge is 0.164 e. The normalized spacial score (nSPS) is 13.4. The Kier molecular flexibility index (Phi) is 17.1. The van der Waals surface area contributed by atoms with Crippen LogP contribution in [0.5, 0.6) is 0 Å². The van der Waals surface area contributed by atoms with Gasteiger partial charge in [-0.2, -0.15) is 0 Å². The molecule has 0 amide bonds. The maximum atomic E-state index is 11.1. The molecule has 0 rings (SSSR count). The largest absolute Gasteiger partial charge is 0.359 e. The molecule has 24 heavy (non-hydrogen) atoms. The van der Waals surface area contributed by atoms with Crippen LogP contribution in [0.3, 0.4) is 0 Å². The highest BCUT2D eigenvalue weighted by atomic mass is 31.2. The molecule has 1 nitrogen and oxygen atoms in total. The molecule has 0 aliphatic heterocycles. The van der Waals surface area contributed by atoms with Crippen molar-refractivity contribution >= 4 is 7.26 Å². The van der Waals surface area contributed by atoms with Crippen LogP contribution in [0.1, 0.15) is 118 Å². The van der Waals surface area contributed by atoms with Crippen molar-refractivity contribution in [3.8, 4) is 0 Å². The number of aliphatic hydroxyl groups excluding tert-OH is 1. The van der Waals surface area contributed by atoms with Crippen LogP contribution >= 0.6 is 7.26 Å². The van der Waals surface area contributed by atoms with Gasteiger partial charge in [0.25, 0.3) is 0 Å². The first-order valence-electron chi connectivity index (χ1n) is 11.2. The minimum atomic E-state index is -1.15. The predicted molar refractivity (Wildman–Crippen MR) is 115 cm³/mol. The second kappa shape index (κ2) is 16.8. The van der Waals surface area contributed by atoms with Crippen molar-refractivity contribution in [2.45, 2.75) is 123 Å². The molecule has 2 heteroatoms. The fraction of sp³-hybridized carbons (Fsp3) is 1.00. The van der Waals surface area contributed by atoms with Gasteiger partial charge in [0.05, 0.1) is 18.5 Å². The van der Waals surface area contributed by atoms with Crippen LogP contribution in [0.15, 0.2) is 0 Å². The van der Waals surface area contributed by atoms with Crippen molar-refractivity contribution in [3.05, 3.63) is 0 Å². The van der Waals surface area contributed by atoms with E-state index in [-0.39, 0.29) is 5.85 Å². The van der Waals surface area contributed by atoms with Gasteiger partial charge in [0.2, 0.25) is 0 Å². The fourth-order valence-electron chi connectivity index (χ4n) is 3.76. The van der Waals surface area contributed by atoms with E-state index >= 15 is 0 Å². The van der Waals surface area contributed by atoms with Crippen LogP contribution < -0.4 is 0 Å². The maximum Gasteiger partial charge on any atom is 0.164 e. The van der Waals surface area contributed by atoms with Crippen LogP contribution in [-0.2, 0) is 0 Å². The highest BCUT2D eigenvalue weighted by Crippen LogP contribution is 2.65. The first-order valence-corrected chi connectivity index (χ1v) is 13.6. The molecule has 0 radical (unpaired) electrons. The Bertz CT molecular complexity index is 233. The van der Waals surface area contributed by atoms with E-state index in [9.17, 15) is 5.11 Å². The zero-order valence-corrected chi connectivity index (χ0v) is 18.4. The molecule has 0 aromatic heterocycles. The summed E-state index contributed by atoms with van der Waals surface area (Å²) in [5, 5.41) is 11.1. The Morgan fingerprint density at radius 2 is 0.917 bits per heavy atom. The van der Waals surface area contributed by atoms with Crippen molar-refractivity contribution in [1.82, 2.24) is 0 Å². The number of unbranched alkanes of at least 4 members (excludes halogenated alkanes) is 9. The molecule has 0 bridgehead atoms. The van der Waals surface area contributed by atoms with E-state index in [1.54, 1.807) is 0 Å². The monoisotopic (exact) mass is 359 g/mol. The molecule has 146 valence electrons. The van der Waals surface area contributed by atoms with E-state index < -0.39 is 7.26 Å². The number of hydrogen-bond donors (Lipinski definition) is 1. The van der Waals surface area contributed by atoms with Gasteiger partial charge >= 0.3 is 0 Å². The fourth-order valence-corrected chi connectivity index (χ4v) is 8.89. The lowest BCUT2D eigenvalue weighted by Gasteiger charge is -2.32. The Hall–Kier alpha value is 0.390. The van der Waals surface area contributed by atoms with Crippen molar-refractivity contribution in [2.75, 3.05) is 18.5 Å². The van der Waals surface area contributed by atoms with Crippen LogP contribution in [0.2, 0.25) is 0 Å². The summed E-state index contributed by atoms with van der Waals surface area (Å²) in [6, 6.07) is 0. The highest BCUT2D eigenvalue weighted by molar-refractivity contribution is 7.76. The molecule has 0 spiro atoms. The molecule has 0 saturated heterocycles. The van der Waals surface area contributed by atoms with Gasteiger partial charge in [0.1, 0.15) is 0 Å². The third-order valence-electron chi connectivity index (χ3n) is 5.57. The van der Waals surface area contributed by atoms with Crippen molar-refractivity contribution in [1.29, 1.82) is 0 Å². The molecule has 0 fully saturated rings. The summed E-state index contributed by atoms with van der Waals surface area (Å²) in [5.41, 5.74) is 0. The summed E-state index contributed by atoms with van der Waals surface area (Å²) < 4.78 is 0. The molecular weight excluding hydrogens is 311 g/mol. The van der Waals surface area contributed by atoms with Gasteiger partial charge in [-0.25, -0.2) is 0 Å². The van der Waals surface area contributed by atoms with Crippen molar-refractivity contribution in [3.63, 3.8) is 0 Å². The third kappa shape index (κ3) is 11.1. The Balaban J connectivity index is 4.42. The molecular formula is C22H48OP+. The molecule has 0 aromatic rings. The Morgan fingerprint density at radius 3 is 1.33 bits per heavy atom. The summed E-state index contributed by atoms with van der Waals surface area (Å²) in [6.07, 6.45) is 22.4. The first-order chi connectivity index (χ1) is 11.7. The van der Waals surface area contributed by atoms with Crippen LogP contribution in [0.25, 0.3) is 0 Å². The minimum Gasteiger partial charge on any atom is -0.359 e. The summed E-state index contributed by atoms with van der Waals surface area (Å²) in [7, 11) is -1.15. The maximum absolute atomic E-state index is 11.1. The summed E-state index contributed by atoms with van der Waals surface area (Å²) in [6.45, 7) is 9.19. The van der Waals surface area contributed by atoms with E-state index in [0.717, 1.165) is 6.42 Å². The number of hydrogen-bond acceptors (Lipinski definition) is 1. The zero-order valence-electron chi connectivity index (χ0n) is 17.5. The van der Waals surface area contributed by atoms with E-state index in [0.29, 0.717) is 0 Å².